The first kappa shape index (κ1) is 16.5. The maximum Gasteiger partial charge on any atom is 0.252 e. The predicted molar refractivity (Wildman–Crippen MR) is 74.7 cm³/mol. The Morgan fingerprint density at radius 1 is 1.26 bits per heavy atom. The van der Waals surface area contributed by atoms with Crippen LogP contribution in [0.25, 0.3) is 0 Å². The Kier molecular flexibility index (Phi) is 6.90. The highest BCUT2D eigenvalue weighted by Crippen LogP contribution is 2.23. The smallest absolute Gasteiger partial charge is 0.252 e. The lowest BCUT2D eigenvalue weighted by molar-refractivity contribution is 0.150. The molecule has 0 aliphatic rings. The highest BCUT2D eigenvalue weighted by atomic mass is 32.2. The van der Waals surface area contributed by atoms with Gasteiger partial charge in [0.25, 0.3) is 10.0 Å². The van der Waals surface area contributed by atoms with Gasteiger partial charge in [0.05, 0.1) is 13.2 Å². The van der Waals surface area contributed by atoms with E-state index >= 15 is 0 Å². The van der Waals surface area contributed by atoms with Crippen molar-refractivity contribution in [1.29, 1.82) is 0 Å². The molecule has 0 radical (unpaired) electrons. The quantitative estimate of drug-likeness (QED) is 0.718. The van der Waals surface area contributed by atoms with Crippen molar-refractivity contribution in [1.82, 2.24) is 4.31 Å². The molecule has 0 bridgehead atoms. The Balaban J connectivity index is 2.90. The summed E-state index contributed by atoms with van der Waals surface area (Å²) in [4.78, 5) is 0. The van der Waals surface area contributed by atoms with Gasteiger partial charge >= 0.3 is 0 Å². The van der Waals surface area contributed by atoms with Crippen LogP contribution < -0.4 is 5.73 Å². The zero-order chi connectivity index (χ0) is 14.3. The van der Waals surface area contributed by atoms with Crippen LogP contribution >= 0.6 is 11.3 Å². The summed E-state index contributed by atoms with van der Waals surface area (Å²) in [6, 6.07) is 1.62. The van der Waals surface area contributed by atoms with E-state index in [2.05, 4.69) is 0 Å². The molecule has 8 heteroatoms. The minimum Gasteiger partial charge on any atom is -0.383 e. The van der Waals surface area contributed by atoms with E-state index in [-0.39, 0.29) is 0 Å². The standard InChI is InChI=1S/C11H20N2O4S2/c1-16-5-3-13(4-6-17-2)19(14,15)11-7-10(8-12)9-18-11/h7,9H,3-6,8,12H2,1-2H3. The zero-order valence-corrected chi connectivity index (χ0v) is 12.8. The van der Waals surface area contributed by atoms with E-state index in [1.807, 2.05) is 0 Å². The van der Waals surface area contributed by atoms with Crippen LogP contribution in [0.3, 0.4) is 0 Å². The third-order valence-electron chi connectivity index (χ3n) is 2.55. The number of methoxy groups -OCH3 is 2. The molecule has 0 aliphatic carbocycles. The van der Waals surface area contributed by atoms with Gasteiger partial charge in [0, 0.05) is 33.9 Å². The van der Waals surface area contributed by atoms with Crippen molar-refractivity contribution in [3.63, 3.8) is 0 Å². The molecule has 19 heavy (non-hydrogen) atoms. The monoisotopic (exact) mass is 308 g/mol. The maximum atomic E-state index is 12.5. The SMILES string of the molecule is COCCN(CCOC)S(=O)(=O)c1cc(CN)cs1. The Hall–Kier alpha value is -0.510. The van der Waals surface area contributed by atoms with E-state index in [9.17, 15) is 8.42 Å². The molecule has 1 heterocycles. The predicted octanol–water partition coefficient (Wildman–Crippen LogP) is 0.490. The number of hydrogen-bond donors (Lipinski definition) is 1. The molecule has 1 aromatic heterocycles. The zero-order valence-electron chi connectivity index (χ0n) is 11.2. The average Bonchev–Trinajstić information content (AvgIpc) is 2.88. The van der Waals surface area contributed by atoms with Crippen LogP contribution in [0.5, 0.6) is 0 Å². The molecule has 1 rings (SSSR count). The van der Waals surface area contributed by atoms with Crippen molar-refractivity contribution in [3.05, 3.63) is 17.0 Å². The number of nitrogens with zero attached hydrogens (tertiary/aromatic N) is 1. The Bertz CT molecular complexity index is 465. The third-order valence-corrected chi connectivity index (χ3v) is 5.91. The van der Waals surface area contributed by atoms with Crippen LogP contribution in [0, 0.1) is 0 Å². The summed E-state index contributed by atoms with van der Waals surface area (Å²) in [7, 11) is -0.418. The van der Waals surface area contributed by atoms with Gasteiger partial charge in [-0.15, -0.1) is 11.3 Å². The number of thiophene rings is 1. The van der Waals surface area contributed by atoms with Crippen molar-refractivity contribution >= 4 is 21.4 Å². The second-order valence-corrected chi connectivity index (χ2v) is 6.94. The van der Waals surface area contributed by atoms with Crippen molar-refractivity contribution in [3.8, 4) is 0 Å². The highest BCUT2D eigenvalue weighted by Gasteiger charge is 2.25. The fraction of sp³-hybridized carbons (Fsp3) is 0.636. The van der Waals surface area contributed by atoms with Crippen LogP contribution in [-0.4, -0.2) is 53.2 Å². The van der Waals surface area contributed by atoms with Crippen LogP contribution in [-0.2, 0) is 26.0 Å². The molecule has 0 unspecified atom stereocenters. The molecule has 2 N–H and O–H groups in total. The van der Waals surface area contributed by atoms with Gasteiger partial charge in [0.2, 0.25) is 0 Å². The molecule has 0 aromatic carbocycles. The average molecular weight is 308 g/mol. The first-order valence-electron chi connectivity index (χ1n) is 5.81. The molecule has 0 atom stereocenters. The van der Waals surface area contributed by atoms with Gasteiger partial charge in [-0.25, -0.2) is 8.42 Å². The second kappa shape index (κ2) is 7.93. The van der Waals surface area contributed by atoms with Gasteiger partial charge < -0.3 is 15.2 Å². The van der Waals surface area contributed by atoms with Crippen molar-refractivity contribution in [2.45, 2.75) is 10.8 Å². The molecule has 0 saturated heterocycles. The molecule has 0 fully saturated rings. The lowest BCUT2D eigenvalue weighted by atomic mass is 10.4. The van der Waals surface area contributed by atoms with Gasteiger partial charge in [-0.05, 0) is 17.0 Å². The molecular weight excluding hydrogens is 288 g/mol. The summed E-state index contributed by atoms with van der Waals surface area (Å²) in [6.45, 7) is 1.63. The Morgan fingerprint density at radius 3 is 2.26 bits per heavy atom. The highest BCUT2D eigenvalue weighted by molar-refractivity contribution is 7.91. The van der Waals surface area contributed by atoms with Crippen LogP contribution in [0.15, 0.2) is 15.7 Å². The molecule has 1 aromatic rings. The van der Waals surface area contributed by atoms with Crippen LogP contribution in [0.1, 0.15) is 5.56 Å². The number of sulfonamides is 1. The molecule has 0 spiro atoms. The molecule has 6 nitrogen and oxygen atoms in total. The Morgan fingerprint density at radius 2 is 1.84 bits per heavy atom. The fourth-order valence-electron chi connectivity index (χ4n) is 1.46. The van der Waals surface area contributed by atoms with Gasteiger partial charge in [0.1, 0.15) is 4.21 Å². The second-order valence-electron chi connectivity index (χ2n) is 3.87. The van der Waals surface area contributed by atoms with E-state index in [0.717, 1.165) is 5.56 Å². The minimum atomic E-state index is -3.50. The van der Waals surface area contributed by atoms with E-state index in [1.54, 1.807) is 25.7 Å². The fourth-order valence-corrected chi connectivity index (χ4v) is 4.24. The summed E-state index contributed by atoms with van der Waals surface area (Å²) in [6.07, 6.45) is 0. The maximum absolute atomic E-state index is 12.5. The summed E-state index contributed by atoms with van der Waals surface area (Å²) >= 11 is 1.19. The largest absolute Gasteiger partial charge is 0.383 e. The lowest BCUT2D eigenvalue weighted by Gasteiger charge is -2.20. The summed E-state index contributed by atoms with van der Waals surface area (Å²) in [5, 5.41) is 1.76. The van der Waals surface area contributed by atoms with Crippen molar-refractivity contribution in [2.75, 3.05) is 40.5 Å². The summed E-state index contributed by atoms with van der Waals surface area (Å²) in [5.74, 6) is 0. The summed E-state index contributed by atoms with van der Waals surface area (Å²) in [5.41, 5.74) is 6.32. The van der Waals surface area contributed by atoms with Crippen molar-refractivity contribution in [2.24, 2.45) is 5.73 Å². The van der Waals surface area contributed by atoms with Gasteiger partial charge in [0.15, 0.2) is 0 Å². The van der Waals surface area contributed by atoms with Gasteiger partial charge in [-0.3, -0.25) is 0 Å². The van der Waals surface area contributed by atoms with E-state index in [0.29, 0.717) is 37.1 Å². The molecule has 110 valence electrons. The van der Waals surface area contributed by atoms with Crippen molar-refractivity contribution < 1.29 is 17.9 Å². The van der Waals surface area contributed by atoms with E-state index in [1.165, 1.54) is 15.6 Å². The first-order chi connectivity index (χ1) is 9.06. The Labute approximate surface area is 118 Å². The molecule has 0 aliphatic heterocycles. The normalized spacial score (nSPS) is 12.2. The lowest BCUT2D eigenvalue weighted by Crippen LogP contribution is -2.36. The molecule has 0 amide bonds. The van der Waals surface area contributed by atoms with Crippen LogP contribution in [0.2, 0.25) is 0 Å². The summed E-state index contributed by atoms with van der Waals surface area (Å²) < 4.78 is 36.5. The number of hydrogen-bond acceptors (Lipinski definition) is 6. The van der Waals surface area contributed by atoms with E-state index < -0.39 is 10.0 Å². The van der Waals surface area contributed by atoms with Crippen LogP contribution in [0.4, 0.5) is 0 Å². The molecule has 0 saturated carbocycles. The minimum absolute atomic E-state index is 0.304. The topological polar surface area (TPSA) is 81.9 Å². The number of ether oxygens (including phenoxy) is 2. The number of rotatable bonds is 9. The third kappa shape index (κ3) is 4.51. The molecular formula is C11H20N2O4S2. The van der Waals surface area contributed by atoms with E-state index in [4.69, 9.17) is 15.2 Å². The van der Waals surface area contributed by atoms with Gasteiger partial charge in [-0.2, -0.15) is 4.31 Å². The number of nitrogens with two attached hydrogens (primary N) is 1. The first-order valence-corrected chi connectivity index (χ1v) is 8.13. The van der Waals surface area contributed by atoms with Gasteiger partial charge in [-0.1, -0.05) is 0 Å².